The number of aryl methyl sites for hydroxylation is 1. The second-order valence-electron chi connectivity index (χ2n) is 15.1. The van der Waals surface area contributed by atoms with Gasteiger partial charge in [0.15, 0.2) is 0 Å². The number of carboxylic acids is 1. The highest BCUT2D eigenvalue weighted by Gasteiger charge is 2.26. The molecule has 356 valence electrons. The number of amidine groups is 1. The normalized spacial score (nSPS) is 14.2. The molecule has 0 spiro atoms. The SMILES string of the molecule is C=CCN(C(=NC)c1ccc(OCc2cc(C(=O)N3CCC(O)CC3)ccc2Br)cc1F)C1CCCCC1.CC.CC.CC/C=C(\C)C(N)=O.O=C(O)CCc1c[nH]c2ccc(O)cc12. The molecule has 2 aliphatic rings. The van der Waals surface area contributed by atoms with Crippen LogP contribution in [0.2, 0.25) is 0 Å². The monoisotopic (exact) mass is 963 g/mol. The van der Waals surface area contributed by atoms with Crippen molar-refractivity contribution >= 4 is 50.5 Å². The molecule has 12 nitrogen and oxygen atoms in total. The van der Waals surface area contributed by atoms with Gasteiger partial charge < -0.3 is 40.6 Å². The minimum atomic E-state index is -0.815. The predicted molar refractivity (Wildman–Crippen MR) is 264 cm³/mol. The summed E-state index contributed by atoms with van der Waals surface area (Å²) in [6.07, 6.45) is 13.5. The summed E-state index contributed by atoms with van der Waals surface area (Å²) < 4.78 is 22.1. The molecule has 65 heavy (non-hydrogen) atoms. The van der Waals surface area contributed by atoms with E-state index in [-0.39, 0.29) is 42.5 Å². The number of aromatic hydroxyl groups is 1. The molecule has 4 aromatic rings. The summed E-state index contributed by atoms with van der Waals surface area (Å²) in [5, 5.41) is 28.5. The molecule has 0 atom stereocenters. The van der Waals surface area contributed by atoms with Crippen LogP contribution in [0.3, 0.4) is 0 Å². The molecule has 1 saturated carbocycles. The van der Waals surface area contributed by atoms with Gasteiger partial charge >= 0.3 is 5.97 Å². The van der Waals surface area contributed by atoms with Crippen LogP contribution < -0.4 is 10.5 Å². The molecule has 6 rings (SSSR count). The number of allylic oxidation sites excluding steroid dienone is 1. The minimum absolute atomic E-state index is 0.0607. The molecular formula is C51H71BrFN5O7. The van der Waals surface area contributed by atoms with Gasteiger partial charge in [-0.25, -0.2) is 4.39 Å². The number of carbonyl (C=O) groups excluding carboxylic acids is 2. The zero-order valence-electron chi connectivity index (χ0n) is 39.3. The first-order chi connectivity index (χ1) is 31.3. The van der Waals surface area contributed by atoms with Gasteiger partial charge in [0.1, 0.15) is 29.8 Å². The first kappa shape index (κ1) is 55.7. The second kappa shape index (κ2) is 29.9. The van der Waals surface area contributed by atoms with Gasteiger partial charge in [0.2, 0.25) is 5.91 Å². The Morgan fingerprint density at radius 2 is 1.68 bits per heavy atom. The number of hydrogen-bond donors (Lipinski definition) is 5. The zero-order chi connectivity index (χ0) is 48.5. The first-order valence-corrected chi connectivity index (χ1v) is 23.6. The van der Waals surface area contributed by atoms with Crippen LogP contribution in [0.1, 0.15) is 126 Å². The molecule has 2 fully saturated rings. The number of fused-ring (bicyclic) bond motifs is 1. The maximum Gasteiger partial charge on any atom is 0.303 e. The van der Waals surface area contributed by atoms with E-state index in [1.54, 1.807) is 67.5 Å². The van der Waals surface area contributed by atoms with Crippen molar-refractivity contribution in [3.63, 3.8) is 0 Å². The molecule has 1 aromatic heterocycles. The van der Waals surface area contributed by atoms with Crippen molar-refractivity contribution in [2.45, 2.75) is 125 Å². The van der Waals surface area contributed by atoms with E-state index in [0.29, 0.717) is 73.2 Å². The van der Waals surface area contributed by atoms with E-state index < -0.39 is 5.97 Å². The second-order valence-corrected chi connectivity index (χ2v) is 16.0. The third-order valence-electron chi connectivity index (χ3n) is 10.7. The van der Waals surface area contributed by atoms with E-state index in [9.17, 15) is 24.6 Å². The van der Waals surface area contributed by atoms with E-state index in [2.05, 4.69) is 37.4 Å². The average molecular weight is 965 g/mol. The Hall–Kier alpha value is -5.47. The highest BCUT2D eigenvalue weighted by atomic mass is 79.9. The number of carbonyl (C=O) groups is 3. The number of ether oxygens (including phenoxy) is 1. The number of likely N-dealkylation sites (tertiary alicyclic amines) is 1. The molecule has 0 unspecified atom stereocenters. The number of carboxylic acid groups (broad SMARTS) is 1. The number of phenols is 1. The van der Waals surface area contributed by atoms with Crippen LogP contribution in [0.15, 0.2) is 94.6 Å². The number of halogens is 2. The standard InChI is InChI=1S/C30H37BrFN3O3.C11H11NO3.C6H11NO.2C2H6/c1-3-15-35(23-7-5-4-6-8-23)29(33-2)26-11-10-25(19-28(26)32)38-20-22-18-21(9-12-27(22)31)30(37)34-16-13-24(36)14-17-34;13-8-2-3-10-9(5-8)7(6-12-10)1-4-11(14)15;1-3-4-5(2)6(7)8;2*1-2/h3,9-12,18-19,23-24,36H,1,4-8,13-17,20H2,2H3;2-3,5-6,12-13H,1,4H2,(H,14,15);4H,3H2,1-2H3,(H2,7,8);2*1-2H3/b;;5-4+;;. The third kappa shape index (κ3) is 17.8. The first-order valence-electron chi connectivity index (χ1n) is 22.8. The van der Waals surface area contributed by atoms with Crippen molar-refractivity contribution in [3.05, 3.63) is 118 Å². The number of aliphatic imine (C=N–C) groups is 1. The van der Waals surface area contributed by atoms with Gasteiger partial charge in [0, 0.05) is 83.5 Å². The molecule has 2 amide bonds. The van der Waals surface area contributed by atoms with Gasteiger partial charge in [-0.2, -0.15) is 0 Å². The number of aliphatic hydroxyl groups excluding tert-OH is 1. The Morgan fingerprint density at radius 1 is 1.00 bits per heavy atom. The van der Waals surface area contributed by atoms with Crippen LogP contribution in [-0.4, -0.2) is 92.6 Å². The molecule has 1 aliphatic heterocycles. The number of aliphatic hydroxyl groups is 1. The number of amides is 2. The van der Waals surface area contributed by atoms with Crippen LogP contribution in [0.4, 0.5) is 4.39 Å². The topological polar surface area (TPSA) is 182 Å². The van der Waals surface area contributed by atoms with Crippen LogP contribution in [0.25, 0.3) is 10.9 Å². The number of hydrogen-bond acceptors (Lipinski definition) is 7. The Morgan fingerprint density at radius 3 is 2.25 bits per heavy atom. The summed E-state index contributed by atoms with van der Waals surface area (Å²) in [6.45, 7) is 17.5. The average Bonchev–Trinajstić information content (AvgIpc) is 3.72. The van der Waals surface area contributed by atoms with Gasteiger partial charge in [0.25, 0.3) is 5.91 Å². The Balaban J connectivity index is 0.000000438. The molecule has 0 bridgehead atoms. The molecule has 1 aliphatic carbocycles. The molecular weight excluding hydrogens is 893 g/mol. The summed E-state index contributed by atoms with van der Waals surface area (Å²) >= 11 is 3.54. The maximum absolute atomic E-state index is 15.4. The lowest BCUT2D eigenvalue weighted by Crippen LogP contribution is -2.42. The van der Waals surface area contributed by atoms with Gasteiger partial charge in [0.05, 0.1) is 11.7 Å². The minimum Gasteiger partial charge on any atom is -0.508 e. The number of benzene rings is 3. The van der Waals surface area contributed by atoms with Crippen LogP contribution in [-0.2, 0) is 22.6 Å². The van der Waals surface area contributed by atoms with Crippen molar-refractivity contribution in [2.75, 3.05) is 26.7 Å². The fourth-order valence-electron chi connectivity index (χ4n) is 7.36. The number of aromatic amines is 1. The summed E-state index contributed by atoms with van der Waals surface area (Å²) in [4.78, 5) is 45.1. The largest absolute Gasteiger partial charge is 0.508 e. The quantitative estimate of drug-likeness (QED) is 0.0380. The Bertz CT molecular complexity index is 2170. The number of phenolic OH excluding ortho intramolecular Hbond substituents is 1. The van der Waals surface area contributed by atoms with E-state index >= 15 is 4.39 Å². The molecule has 3 aromatic carbocycles. The number of nitrogens with one attached hydrogen (secondary N) is 1. The number of aliphatic carboxylic acids is 1. The lowest BCUT2D eigenvalue weighted by molar-refractivity contribution is -0.137. The Labute approximate surface area is 393 Å². The number of aromatic nitrogens is 1. The van der Waals surface area contributed by atoms with Gasteiger partial charge in [-0.15, -0.1) is 6.58 Å². The zero-order valence-corrected chi connectivity index (χ0v) is 40.9. The Kier molecular flexibility index (Phi) is 25.6. The van der Waals surface area contributed by atoms with Crippen molar-refractivity contribution in [2.24, 2.45) is 10.7 Å². The maximum atomic E-state index is 15.4. The van der Waals surface area contributed by atoms with Crippen molar-refractivity contribution in [1.29, 1.82) is 0 Å². The lowest BCUT2D eigenvalue weighted by Gasteiger charge is -2.36. The smallest absolute Gasteiger partial charge is 0.303 e. The molecule has 0 radical (unpaired) electrons. The summed E-state index contributed by atoms with van der Waals surface area (Å²) in [7, 11) is 1.70. The van der Waals surface area contributed by atoms with Crippen molar-refractivity contribution in [3.8, 4) is 11.5 Å². The fourth-order valence-corrected chi connectivity index (χ4v) is 7.72. The summed E-state index contributed by atoms with van der Waals surface area (Å²) in [5.74, 6) is -0.351. The summed E-state index contributed by atoms with van der Waals surface area (Å²) in [6, 6.07) is 15.6. The van der Waals surface area contributed by atoms with E-state index in [1.807, 2.05) is 52.8 Å². The van der Waals surface area contributed by atoms with Crippen molar-refractivity contribution < 1.29 is 38.8 Å². The number of nitrogens with zero attached hydrogens (tertiary/aromatic N) is 3. The van der Waals surface area contributed by atoms with Gasteiger partial charge in [-0.3, -0.25) is 19.4 Å². The van der Waals surface area contributed by atoms with Crippen LogP contribution in [0.5, 0.6) is 11.5 Å². The predicted octanol–water partition coefficient (Wildman–Crippen LogP) is 10.7. The lowest BCUT2D eigenvalue weighted by atomic mass is 9.93. The molecule has 6 N–H and O–H groups in total. The van der Waals surface area contributed by atoms with Crippen molar-refractivity contribution in [1.82, 2.24) is 14.8 Å². The fraction of sp³-hybridized carbons (Fsp3) is 0.451. The number of nitrogens with two attached hydrogens (primary N) is 1. The highest BCUT2D eigenvalue weighted by Crippen LogP contribution is 2.28. The molecule has 1 saturated heterocycles. The van der Waals surface area contributed by atoms with E-state index in [0.717, 1.165) is 45.8 Å². The van der Waals surface area contributed by atoms with E-state index in [4.69, 9.17) is 15.6 Å². The molecule has 14 heteroatoms. The van der Waals surface area contributed by atoms with E-state index in [1.165, 1.54) is 25.3 Å². The summed E-state index contributed by atoms with van der Waals surface area (Å²) in [5.41, 5.74) is 9.20. The van der Waals surface area contributed by atoms with Gasteiger partial charge in [-0.1, -0.05) is 82.0 Å². The number of H-pyrrole nitrogens is 1. The number of rotatable bonds is 13. The highest BCUT2D eigenvalue weighted by molar-refractivity contribution is 9.10. The number of primary amides is 1. The van der Waals surface area contributed by atoms with Crippen LogP contribution >= 0.6 is 15.9 Å². The third-order valence-corrected chi connectivity index (χ3v) is 11.5. The number of piperidine rings is 1. The van der Waals surface area contributed by atoms with Crippen LogP contribution in [0, 0.1) is 5.82 Å². The molecule has 2 heterocycles. The van der Waals surface area contributed by atoms with Gasteiger partial charge in [-0.05, 0) is 99.5 Å².